The van der Waals surface area contributed by atoms with Crippen LogP contribution in [-0.2, 0) is 4.79 Å². The number of carbonyl (C=O) groups is 2. The highest BCUT2D eigenvalue weighted by atomic mass is 16.2. The summed E-state index contributed by atoms with van der Waals surface area (Å²) in [5.41, 5.74) is 1.55. The molecular formula is C14H15NO2. The molecule has 1 amide bonds. The van der Waals surface area contributed by atoms with Crippen molar-refractivity contribution in [3.63, 3.8) is 0 Å². The van der Waals surface area contributed by atoms with E-state index < -0.39 is 0 Å². The highest BCUT2D eigenvalue weighted by Gasteiger charge is 2.43. The van der Waals surface area contributed by atoms with Crippen LogP contribution in [0.3, 0.4) is 0 Å². The minimum atomic E-state index is 0.0430. The fourth-order valence-electron chi connectivity index (χ4n) is 2.78. The summed E-state index contributed by atoms with van der Waals surface area (Å²) < 4.78 is 0. The van der Waals surface area contributed by atoms with E-state index in [0.717, 1.165) is 25.1 Å². The van der Waals surface area contributed by atoms with E-state index in [-0.39, 0.29) is 17.6 Å². The maximum Gasteiger partial charge on any atom is 0.230 e. The van der Waals surface area contributed by atoms with Crippen LogP contribution in [0.15, 0.2) is 24.3 Å². The van der Waals surface area contributed by atoms with Gasteiger partial charge < -0.3 is 4.90 Å². The molecule has 1 aliphatic carbocycles. The third kappa shape index (κ3) is 1.66. The normalized spacial score (nSPS) is 26.6. The Balaban J connectivity index is 1.91. The van der Waals surface area contributed by atoms with Crippen LogP contribution in [0.25, 0.3) is 0 Å². The fraction of sp³-hybridized carbons (Fsp3) is 0.429. The summed E-state index contributed by atoms with van der Waals surface area (Å²) in [7, 11) is 0. The van der Waals surface area contributed by atoms with Gasteiger partial charge in [-0.15, -0.1) is 0 Å². The molecule has 3 heteroatoms. The van der Waals surface area contributed by atoms with Crippen LogP contribution in [-0.4, -0.2) is 18.2 Å². The van der Waals surface area contributed by atoms with Crippen LogP contribution in [0, 0.1) is 11.8 Å². The maximum atomic E-state index is 12.1. The second-order valence-electron chi connectivity index (χ2n) is 5.09. The van der Waals surface area contributed by atoms with Crippen LogP contribution in [0.4, 0.5) is 5.69 Å². The van der Waals surface area contributed by atoms with E-state index in [1.165, 1.54) is 0 Å². The molecule has 3 nitrogen and oxygen atoms in total. The predicted molar refractivity (Wildman–Crippen MR) is 65.0 cm³/mol. The first-order valence-corrected chi connectivity index (χ1v) is 6.07. The number of hydrogen-bond donors (Lipinski definition) is 0. The summed E-state index contributed by atoms with van der Waals surface area (Å²) in [6, 6.07) is 7.38. The van der Waals surface area contributed by atoms with E-state index in [2.05, 4.69) is 0 Å². The summed E-state index contributed by atoms with van der Waals surface area (Å²) in [5, 5.41) is 0. The Labute approximate surface area is 100 Å². The average molecular weight is 229 g/mol. The van der Waals surface area contributed by atoms with E-state index in [1.807, 2.05) is 23.1 Å². The van der Waals surface area contributed by atoms with Gasteiger partial charge in [0, 0.05) is 23.7 Å². The SMILES string of the molecule is CC(=O)c1cccc(N2CC3CC(C3)C2=O)c1. The number of ketones is 1. The van der Waals surface area contributed by atoms with E-state index >= 15 is 0 Å². The number of nitrogens with zero attached hydrogens (tertiary/aromatic N) is 1. The van der Waals surface area contributed by atoms with Crippen molar-refractivity contribution < 1.29 is 9.59 Å². The number of fused-ring (bicyclic) bond motifs is 2. The van der Waals surface area contributed by atoms with Gasteiger partial charge in [0.25, 0.3) is 0 Å². The van der Waals surface area contributed by atoms with E-state index in [0.29, 0.717) is 11.5 Å². The zero-order valence-corrected chi connectivity index (χ0v) is 9.85. The van der Waals surface area contributed by atoms with Crippen LogP contribution < -0.4 is 4.90 Å². The molecule has 0 aromatic heterocycles. The van der Waals surface area contributed by atoms with Gasteiger partial charge >= 0.3 is 0 Å². The molecule has 0 atom stereocenters. The van der Waals surface area contributed by atoms with Gasteiger partial charge in [-0.25, -0.2) is 0 Å². The summed E-state index contributed by atoms with van der Waals surface area (Å²) in [4.78, 5) is 25.3. The summed E-state index contributed by atoms with van der Waals surface area (Å²) in [5.74, 6) is 1.17. The van der Waals surface area contributed by atoms with Crippen molar-refractivity contribution in [2.75, 3.05) is 11.4 Å². The molecule has 1 aromatic rings. The van der Waals surface area contributed by atoms with Crippen molar-refractivity contribution in [2.24, 2.45) is 11.8 Å². The number of Topliss-reactive ketones (excluding diaryl/α,β-unsaturated/α-hetero) is 1. The molecule has 1 saturated carbocycles. The van der Waals surface area contributed by atoms with Gasteiger partial charge in [0.05, 0.1) is 0 Å². The number of hydrogen-bond acceptors (Lipinski definition) is 2. The summed E-state index contributed by atoms with van der Waals surface area (Å²) in [6.45, 7) is 2.37. The number of anilines is 1. The molecule has 4 rings (SSSR count). The maximum absolute atomic E-state index is 12.1. The zero-order chi connectivity index (χ0) is 12.0. The van der Waals surface area contributed by atoms with Gasteiger partial charge in [-0.2, -0.15) is 0 Å². The van der Waals surface area contributed by atoms with Gasteiger partial charge in [0.2, 0.25) is 5.91 Å². The van der Waals surface area contributed by atoms with Crippen molar-refractivity contribution in [1.29, 1.82) is 0 Å². The molecule has 1 aromatic carbocycles. The number of carbonyl (C=O) groups excluding carboxylic acids is 2. The van der Waals surface area contributed by atoms with Gasteiger partial charge in [-0.05, 0) is 37.8 Å². The molecule has 3 aliphatic rings. The zero-order valence-electron chi connectivity index (χ0n) is 9.85. The molecule has 0 radical (unpaired) electrons. The standard InChI is InChI=1S/C14H15NO2/c1-9(16)11-3-2-4-13(7-11)15-8-10-5-12(6-10)14(15)17/h2-4,7,10,12H,5-6,8H2,1H3. The van der Waals surface area contributed by atoms with E-state index in [1.54, 1.807) is 13.0 Å². The quantitative estimate of drug-likeness (QED) is 0.729. The second kappa shape index (κ2) is 3.69. The molecule has 0 N–H and O–H groups in total. The van der Waals surface area contributed by atoms with Crippen LogP contribution in [0.2, 0.25) is 0 Å². The Morgan fingerprint density at radius 3 is 2.76 bits per heavy atom. The molecule has 88 valence electrons. The van der Waals surface area contributed by atoms with Gasteiger partial charge in [-0.3, -0.25) is 9.59 Å². The lowest BCUT2D eigenvalue weighted by atomic mass is 9.70. The molecule has 0 unspecified atom stereocenters. The molecule has 2 bridgehead atoms. The Morgan fingerprint density at radius 2 is 2.12 bits per heavy atom. The number of rotatable bonds is 2. The topological polar surface area (TPSA) is 37.4 Å². The predicted octanol–water partition coefficient (Wildman–Crippen LogP) is 2.26. The van der Waals surface area contributed by atoms with Crippen LogP contribution in [0.5, 0.6) is 0 Å². The lowest BCUT2D eigenvalue weighted by molar-refractivity contribution is -0.129. The van der Waals surface area contributed by atoms with Crippen molar-refractivity contribution in [3.05, 3.63) is 29.8 Å². The molecule has 2 heterocycles. The van der Waals surface area contributed by atoms with Gasteiger partial charge in [0.15, 0.2) is 5.78 Å². The Morgan fingerprint density at radius 1 is 1.35 bits per heavy atom. The highest BCUT2D eigenvalue weighted by molar-refractivity contribution is 5.99. The van der Waals surface area contributed by atoms with E-state index in [4.69, 9.17) is 0 Å². The third-order valence-corrected chi connectivity index (χ3v) is 3.86. The molecule has 2 aliphatic heterocycles. The van der Waals surface area contributed by atoms with E-state index in [9.17, 15) is 9.59 Å². The first-order valence-electron chi connectivity index (χ1n) is 6.07. The van der Waals surface area contributed by atoms with Crippen molar-refractivity contribution >= 4 is 17.4 Å². The van der Waals surface area contributed by atoms with Gasteiger partial charge in [0.1, 0.15) is 0 Å². The Kier molecular flexibility index (Phi) is 2.28. The first kappa shape index (κ1) is 10.5. The van der Waals surface area contributed by atoms with Crippen LogP contribution >= 0.6 is 0 Å². The lowest BCUT2D eigenvalue weighted by Crippen LogP contribution is -2.53. The molecule has 2 saturated heterocycles. The number of benzene rings is 1. The monoisotopic (exact) mass is 229 g/mol. The highest BCUT2D eigenvalue weighted by Crippen LogP contribution is 2.42. The first-order chi connectivity index (χ1) is 8.15. The smallest absolute Gasteiger partial charge is 0.230 e. The largest absolute Gasteiger partial charge is 0.312 e. The second-order valence-corrected chi connectivity index (χ2v) is 5.09. The number of piperidine rings is 2. The Hall–Kier alpha value is -1.64. The molecule has 3 fully saturated rings. The van der Waals surface area contributed by atoms with Crippen LogP contribution in [0.1, 0.15) is 30.1 Å². The Bertz CT molecular complexity index is 489. The van der Waals surface area contributed by atoms with Gasteiger partial charge in [-0.1, -0.05) is 12.1 Å². The fourth-order valence-corrected chi connectivity index (χ4v) is 2.78. The van der Waals surface area contributed by atoms with Crippen molar-refractivity contribution in [3.8, 4) is 0 Å². The molecular weight excluding hydrogens is 214 g/mol. The average Bonchev–Trinajstić information content (AvgIpc) is 2.27. The molecule has 0 spiro atoms. The third-order valence-electron chi connectivity index (χ3n) is 3.86. The van der Waals surface area contributed by atoms with Crippen molar-refractivity contribution in [2.45, 2.75) is 19.8 Å². The molecule has 17 heavy (non-hydrogen) atoms. The van der Waals surface area contributed by atoms with Crippen molar-refractivity contribution in [1.82, 2.24) is 0 Å². The minimum Gasteiger partial charge on any atom is -0.312 e. The number of amides is 1. The lowest BCUT2D eigenvalue weighted by Gasteiger charge is -2.46. The summed E-state index contributed by atoms with van der Waals surface area (Å²) in [6.07, 6.45) is 2.11. The summed E-state index contributed by atoms with van der Waals surface area (Å²) >= 11 is 0. The minimum absolute atomic E-state index is 0.0430.